The maximum atomic E-state index is 13.0. The Bertz CT molecular complexity index is 1070. The monoisotopic (exact) mass is 408 g/mol. The lowest BCUT2D eigenvalue weighted by atomic mass is 9.96. The highest BCUT2D eigenvalue weighted by Gasteiger charge is 2.25. The minimum atomic E-state index is -0.529. The van der Waals surface area contributed by atoms with Gasteiger partial charge in [0.05, 0.1) is 11.4 Å². The van der Waals surface area contributed by atoms with Crippen molar-refractivity contribution in [2.45, 2.75) is 12.8 Å². The Balaban J connectivity index is 1.78. The molecule has 4 rings (SSSR count). The summed E-state index contributed by atoms with van der Waals surface area (Å²) in [6, 6.07) is 7.16. The van der Waals surface area contributed by atoms with Crippen molar-refractivity contribution in [3.63, 3.8) is 0 Å². The van der Waals surface area contributed by atoms with Crippen molar-refractivity contribution < 1.29 is 14.3 Å². The Kier molecular flexibility index (Phi) is 5.62. The molecule has 1 saturated heterocycles. The lowest BCUT2D eigenvalue weighted by Crippen LogP contribution is -2.35. The van der Waals surface area contributed by atoms with Crippen LogP contribution in [0.25, 0.3) is 22.3 Å². The first-order valence-electron chi connectivity index (χ1n) is 9.87. The molecular weight excluding hydrogens is 384 g/mol. The number of aromatic nitrogens is 3. The SMILES string of the molecule is CN(C)C(=O)Oc1cccc(-c2ncnc3[nH]ccc23)c1NC(=O)C1CCNCC1. The third kappa shape index (κ3) is 3.97. The molecule has 9 heteroatoms. The minimum Gasteiger partial charge on any atom is -0.408 e. The fourth-order valence-electron chi connectivity index (χ4n) is 3.52. The molecule has 30 heavy (non-hydrogen) atoms. The number of carbonyl (C=O) groups excluding carboxylic acids is 2. The molecular formula is C21H24N6O3. The molecule has 0 atom stereocenters. The number of hydrogen-bond acceptors (Lipinski definition) is 6. The van der Waals surface area contributed by atoms with Crippen molar-refractivity contribution in [2.75, 3.05) is 32.5 Å². The second kappa shape index (κ2) is 8.50. The van der Waals surface area contributed by atoms with Gasteiger partial charge in [-0.3, -0.25) is 4.79 Å². The summed E-state index contributed by atoms with van der Waals surface area (Å²) in [4.78, 5) is 38.3. The summed E-state index contributed by atoms with van der Waals surface area (Å²) in [6.45, 7) is 1.61. The third-order valence-corrected chi connectivity index (χ3v) is 5.16. The van der Waals surface area contributed by atoms with Crippen LogP contribution in [0.2, 0.25) is 0 Å². The van der Waals surface area contributed by atoms with Gasteiger partial charge in [0.25, 0.3) is 0 Å². The number of amides is 2. The fourth-order valence-corrected chi connectivity index (χ4v) is 3.52. The number of rotatable bonds is 4. The van der Waals surface area contributed by atoms with E-state index in [9.17, 15) is 9.59 Å². The molecule has 3 heterocycles. The van der Waals surface area contributed by atoms with Crippen LogP contribution < -0.4 is 15.4 Å². The van der Waals surface area contributed by atoms with Crippen molar-refractivity contribution in [3.8, 4) is 17.0 Å². The fraction of sp³-hybridized carbons (Fsp3) is 0.333. The summed E-state index contributed by atoms with van der Waals surface area (Å²) < 4.78 is 5.56. The number of carbonyl (C=O) groups is 2. The maximum absolute atomic E-state index is 13.0. The Morgan fingerprint density at radius 1 is 1.17 bits per heavy atom. The van der Waals surface area contributed by atoms with Gasteiger partial charge in [-0.1, -0.05) is 12.1 Å². The molecule has 3 N–H and O–H groups in total. The Labute approximate surface area is 173 Å². The average Bonchev–Trinajstić information content (AvgIpc) is 3.24. The van der Waals surface area contributed by atoms with Gasteiger partial charge in [-0.25, -0.2) is 14.8 Å². The molecule has 0 bridgehead atoms. The van der Waals surface area contributed by atoms with Crippen molar-refractivity contribution in [2.24, 2.45) is 5.92 Å². The number of nitrogens with one attached hydrogen (secondary N) is 3. The van der Waals surface area contributed by atoms with Crippen LogP contribution in [0.1, 0.15) is 12.8 Å². The quantitative estimate of drug-likeness (QED) is 0.612. The molecule has 1 fully saturated rings. The van der Waals surface area contributed by atoms with Gasteiger partial charge in [0, 0.05) is 37.2 Å². The first kappa shape index (κ1) is 19.8. The van der Waals surface area contributed by atoms with E-state index in [-0.39, 0.29) is 17.6 Å². The van der Waals surface area contributed by atoms with E-state index in [0.717, 1.165) is 31.3 Å². The zero-order valence-corrected chi connectivity index (χ0v) is 16.9. The van der Waals surface area contributed by atoms with E-state index in [1.54, 1.807) is 32.4 Å². The molecule has 0 unspecified atom stereocenters. The smallest absolute Gasteiger partial charge is 0.408 e. The van der Waals surface area contributed by atoms with Crippen LogP contribution in [0.5, 0.6) is 5.75 Å². The average molecular weight is 408 g/mol. The molecule has 2 aromatic heterocycles. The van der Waals surface area contributed by atoms with Gasteiger partial charge in [-0.05, 0) is 38.1 Å². The molecule has 2 amide bonds. The van der Waals surface area contributed by atoms with Gasteiger partial charge in [-0.15, -0.1) is 0 Å². The van der Waals surface area contributed by atoms with Gasteiger partial charge in [-0.2, -0.15) is 0 Å². The van der Waals surface area contributed by atoms with E-state index in [4.69, 9.17) is 4.74 Å². The highest BCUT2D eigenvalue weighted by Crippen LogP contribution is 2.38. The number of para-hydroxylation sites is 1. The molecule has 0 radical (unpaired) electrons. The minimum absolute atomic E-state index is 0.0922. The summed E-state index contributed by atoms with van der Waals surface area (Å²) in [7, 11) is 3.21. The predicted octanol–water partition coefficient (Wildman–Crippen LogP) is 2.62. The molecule has 9 nitrogen and oxygen atoms in total. The van der Waals surface area contributed by atoms with E-state index in [1.807, 2.05) is 12.1 Å². The lowest BCUT2D eigenvalue weighted by Gasteiger charge is -2.23. The second-order valence-corrected chi connectivity index (χ2v) is 7.42. The van der Waals surface area contributed by atoms with Crippen molar-refractivity contribution in [3.05, 3.63) is 36.8 Å². The number of fused-ring (bicyclic) bond motifs is 1. The van der Waals surface area contributed by atoms with E-state index in [0.29, 0.717) is 22.6 Å². The second-order valence-electron chi connectivity index (χ2n) is 7.42. The van der Waals surface area contributed by atoms with Crippen LogP contribution in [0.3, 0.4) is 0 Å². The molecule has 1 aliphatic rings. The Morgan fingerprint density at radius 2 is 1.97 bits per heavy atom. The highest BCUT2D eigenvalue weighted by atomic mass is 16.6. The zero-order chi connectivity index (χ0) is 21.1. The first-order valence-corrected chi connectivity index (χ1v) is 9.87. The van der Waals surface area contributed by atoms with Crippen LogP contribution in [-0.4, -0.2) is 59.0 Å². The van der Waals surface area contributed by atoms with Crippen LogP contribution in [0.4, 0.5) is 10.5 Å². The number of benzene rings is 1. The molecule has 0 aliphatic carbocycles. The number of ether oxygens (including phenoxy) is 1. The van der Waals surface area contributed by atoms with E-state index in [1.165, 1.54) is 11.2 Å². The number of anilines is 1. The van der Waals surface area contributed by atoms with Gasteiger partial charge in [0.15, 0.2) is 5.75 Å². The van der Waals surface area contributed by atoms with Crippen molar-refractivity contribution in [1.29, 1.82) is 0 Å². The first-order chi connectivity index (χ1) is 14.5. The summed E-state index contributed by atoms with van der Waals surface area (Å²) in [5, 5.41) is 7.09. The van der Waals surface area contributed by atoms with Crippen LogP contribution >= 0.6 is 0 Å². The number of piperidine rings is 1. The van der Waals surface area contributed by atoms with Crippen LogP contribution in [0, 0.1) is 5.92 Å². The van der Waals surface area contributed by atoms with Crippen LogP contribution in [0.15, 0.2) is 36.8 Å². The summed E-state index contributed by atoms with van der Waals surface area (Å²) in [5.41, 5.74) is 2.42. The Hall–Kier alpha value is -3.46. The molecule has 0 spiro atoms. The van der Waals surface area contributed by atoms with Gasteiger partial charge in [0.1, 0.15) is 12.0 Å². The molecule has 3 aromatic rings. The van der Waals surface area contributed by atoms with Gasteiger partial charge >= 0.3 is 6.09 Å². The molecule has 1 aliphatic heterocycles. The predicted molar refractivity (Wildman–Crippen MR) is 113 cm³/mol. The van der Waals surface area contributed by atoms with E-state index >= 15 is 0 Å². The van der Waals surface area contributed by atoms with Gasteiger partial charge in [0.2, 0.25) is 5.91 Å². The van der Waals surface area contributed by atoms with E-state index < -0.39 is 6.09 Å². The summed E-state index contributed by atoms with van der Waals surface area (Å²) in [5.74, 6) is 0.0793. The van der Waals surface area contributed by atoms with Gasteiger partial charge < -0.3 is 25.3 Å². The molecule has 0 saturated carbocycles. The topological polar surface area (TPSA) is 112 Å². The van der Waals surface area contributed by atoms with Crippen molar-refractivity contribution >= 4 is 28.7 Å². The van der Waals surface area contributed by atoms with E-state index in [2.05, 4.69) is 25.6 Å². The summed E-state index contributed by atoms with van der Waals surface area (Å²) >= 11 is 0. The highest BCUT2D eigenvalue weighted by molar-refractivity contribution is 6.02. The summed E-state index contributed by atoms with van der Waals surface area (Å²) in [6.07, 6.45) is 4.24. The Morgan fingerprint density at radius 3 is 2.73 bits per heavy atom. The molecule has 1 aromatic carbocycles. The maximum Gasteiger partial charge on any atom is 0.414 e. The normalized spacial score (nSPS) is 14.5. The number of H-pyrrole nitrogens is 1. The number of aromatic amines is 1. The largest absolute Gasteiger partial charge is 0.414 e. The van der Waals surface area contributed by atoms with Crippen LogP contribution in [-0.2, 0) is 4.79 Å². The van der Waals surface area contributed by atoms with Crippen molar-refractivity contribution in [1.82, 2.24) is 25.2 Å². The number of hydrogen-bond donors (Lipinski definition) is 3. The lowest BCUT2D eigenvalue weighted by molar-refractivity contribution is -0.120. The standard InChI is InChI=1S/C21H24N6O3/c1-27(2)21(29)30-16-5-3-4-14(17-15-8-11-23-19(15)25-12-24-17)18(16)26-20(28)13-6-9-22-10-7-13/h3-5,8,11-13,22H,6-7,9-10H2,1-2H3,(H,26,28)(H,23,24,25). The molecule has 156 valence electrons. The number of nitrogens with zero attached hydrogens (tertiary/aromatic N) is 3. The zero-order valence-electron chi connectivity index (χ0n) is 16.9. The third-order valence-electron chi connectivity index (χ3n) is 5.16.